The van der Waals surface area contributed by atoms with Gasteiger partial charge in [-0.1, -0.05) is 6.07 Å². The van der Waals surface area contributed by atoms with Gasteiger partial charge in [-0.3, -0.25) is 9.89 Å². The van der Waals surface area contributed by atoms with Crippen LogP contribution in [0.4, 0.5) is 4.39 Å². The quantitative estimate of drug-likeness (QED) is 0.879. The van der Waals surface area contributed by atoms with E-state index in [1.165, 1.54) is 17.0 Å². The Morgan fingerprint density at radius 2 is 2.29 bits per heavy atom. The van der Waals surface area contributed by atoms with Crippen LogP contribution in [0.25, 0.3) is 0 Å². The van der Waals surface area contributed by atoms with Crippen LogP contribution in [0.1, 0.15) is 16.2 Å². The molecule has 1 saturated heterocycles. The fraction of sp³-hybridized carbons (Fsp3) is 0.286. The monoisotopic (exact) mass is 291 g/mol. The van der Waals surface area contributed by atoms with Crippen LogP contribution in [-0.4, -0.2) is 45.3 Å². The zero-order chi connectivity index (χ0) is 14.8. The highest BCUT2D eigenvalue weighted by Crippen LogP contribution is 2.15. The molecule has 2 N–H and O–H groups in total. The van der Waals surface area contributed by atoms with Crippen LogP contribution in [0.5, 0.6) is 5.75 Å². The number of aliphatic hydroxyl groups is 1. The molecule has 1 aliphatic rings. The van der Waals surface area contributed by atoms with Gasteiger partial charge in [-0.25, -0.2) is 4.39 Å². The summed E-state index contributed by atoms with van der Waals surface area (Å²) in [5.41, 5.74) is 0.892. The summed E-state index contributed by atoms with van der Waals surface area (Å²) in [5.74, 6) is -0.193. The summed E-state index contributed by atoms with van der Waals surface area (Å²) in [5, 5.41) is 15.8. The SMILES string of the molecule is O=C(c1cc(COc2cccc(F)c2)[nH]n1)N1CC(O)C1. The van der Waals surface area contributed by atoms with Gasteiger partial charge >= 0.3 is 0 Å². The number of H-pyrrole nitrogens is 1. The third-order valence-electron chi connectivity index (χ3n) is 3.19. The van der Waals surface area contributed by atoms with Crippen molar-refractivity contribution in [2.45, 2.75) is 12.7 Å². The average Bonchev–Trinajstić information content (AvgIpc) is 2.90. The van der Waals surface area contributed by atoms with Gasteiger partial charge in [-0.2, -0.15) is 5.10 Å². The van der Waals surface area contributed by atoms with Crippen molar-refractivity contribution < 1.29 is 19.0 Å². The van der Waals surface area contributed by atoms with E-state index in [-0.39, 0.29) is 24.0 Å². The maximum Gasteiger partial charge on any atom is 0.274 e. The first kappa shape index (κ1) is 13.6. The minimum absolute atomic E-state index is 0.159. The molecule has 2 heterocycles. The fourth-order valence-corrected chi connectivity index (χ4v) is 2.05. The predicted octanol–water partition coefficient (Wildman–Crippen LogP) is 0.944. The molecule has 7 heteroatoms. The van der Waals surface area contributed by atoms with Gasteiger partial charge in [0.25, 0.3) is 5.91 Å². The van der Waals surface area contributed by atoms with Gasteiger partial charge in [0.05, 0.1) is 11.8 Å². The van der Waals surface area contributed by atoms with E-state index in [9.17, 15) is 14.3 Å². The first-order chi connectivity index (χ1) is 10.1. The lowest BCUT2D eigenvalue weighted by atomic mass is 10.1. The number of aromatic nitrogens is 2. The molecule has 2 aromatic rings. The molecule has 21 heavy (non-hydrogen) atoms. The third-order valence-corrected chi connectivity index (χ3v) is 3.19. The van der Waals surface area contributed by atoms with Crippen molar-refractivity contribution >= 4 is 5.91 Å². The Kier molecular flexibility index (Phi) is 3.57. The number of hydrogen-bond acceptors (Lipinski definition) is 4. The summed E-state index contributed by atoms with van der Waals surface area (Å²) in [4.78, 5) is 13.5. The van der Waals surface area contributed by atoms with Gasteiger partial charge in [0.1, 0.15) is 18.2 Å². The molecule has 0 saturated carbocycles. The Hall–Kier alpha value is -2.41. The van der Waals surface area contributed by atoms with E-state index in [2.05, 4.69) is 10.2 Å². The number of likely N-dealkylation sites (tertiary alicyclic amines) is 1. The molecule has 1 fully saturated rings. The van der Waals surface area contributed by atoms with E-state index in [0.29, 0.717) is 24.5 Å². The van der Waals surface area contributed by atoms with Crippen molar-refractivity contribution in [2.24, 2.45) is 0 Å². The minimum Gasteiger partial charge on any atom is -0.487 e. The Balaban J connectivity index is 1.59. The number of nitrogens with one attached hydrogen (secondary N) is 1. The molecule has 0 atom stereocenters. The van der Waals surface area contributed by atoms with E-state index in [0.717, 1.165) is 0 Å². The molecule has 1 amide bonds. The van der Waals surface area contributed by atoms with E-state index >= 15 is 0 Å². The van der Waals surface area contributed by atoms with Crippen LogP contribution in [0.2, 0.25) is 0 Å². The smallest absolute Gasteiger partial charge is 0.274 e. The summed E-state index contributed by atoms with van der Waals surface area (Å²) in [6.45, 7) is 0.827. The second kappa shape index (κ2) is 5.53. The van der Waals surface area contributed by atoms with E-state index < -0.39 is 6.10 Å². The fourth-order valence-electron chi connectivity index (χ4n) is 2.05. The van der Waals surface area contributed by atoms with Crippen molar-refractivity contribution in [3.05, 3.63) is 47.5 Å². The number of rotatable bonds is 4. The highest BCUT2D eigenvalue weighted by molar-refractivity contribution is 5.93. The number of benzene rings is 1. The maximum absolute atomic E-state index is 13.0. The van der Waals surface area contributed by atoms with Crippen LogP contribution in [-0.2, 0) is 6.61 Å². The number of amides is 1. The molecule has 1 aliphatic heterocycles. The molecular weight excluding hydrogens is 277 g/mol. The lowest BCUT2D eigenvalue weighted by molar-refractivity contribution is 0.00550. The van der Waals surface area contributed by atoms with Crippen molar-refractivity contribution in [1.82, 2.24) is 15.1 Å². The number of aromatic amines is 1. The summed E-state index contributed by atoms with van der Waals surface area (Å²) in [6.07, 6.45) is -0.441. The van der Waals surface area contributed by atoms with E-state index in [4.69, 9.17) is 4.74 Å². The Morgan fingerprint density at radius 3 is 3.00 bits per heavy atom. The standard InChI is InChI=1S/C14H14FN3O3/c15-9-2-1-3-12(4-9)21-8-10-5-13(17-16-10)14(20)18-6-11(19)7-18/h1-5,11,19H,6-8H2,(H,16,17). The second-order valence-electron chi connectivity index (χ2n) is 4.89. The van der Waals surface area contributed by atoms with E-state index in [1.54, 1.807) is 18.2 Å². The first-order valence-corrected chi connectivity index (χ1v) is 6.52. The highest BCUT2D eigenvalue weighted by atomic mass is 19.1. The lowest BCUT2D eigenvalue weighted by Crippen LogP contribution is -2.53. The van der Waals surface area contributed by atoms with Gasteiger partial charge in [-0.15, -0.1) is 0 Å². The van der Waals surface area contributed by atoms with E-state index in [1.807, 2.05) is 0 Å². The highest BCUT2D eigenvalue weighted by Gasteiger charge is 2.30. The summed E-state index contributed by atoms with van der Waals surface area (Å²) < 4.78 is 18.4. The summed E-state index contributed by atoms with van der Waals surface area (Å²) in [6, 6.07) is 7.41. The number of halogens is 1. The molecule has 0 spiro atoms. The number of nitrogens with zero attached hydrogens (tertiary/aromatic N) is 2. The Morgan fingerprint density at radius 1 is 1.48 bits per heavy atom. The maximum atomic E-state index is 13.0. The molecule has 1 aromatic heterocycles. The lowest BCUT2D eigenvalue weighted by Gasteiger charge is -2.35. The molecule has 0 bridgehead atoms. The zero-order valence-electron chi connectivity index (χ0n) is 11.1. The van der Waals surface area contributed by atoms with Gasteiger partial charge in [0.15, 0.2) is 5.69 Å². The number of β-amino-alcohol motifs (C(OH)–C–C–N with tert-alkyl or cyclic N) is 1. The normalized spacial score (nSPS) is 14.9. The molecule has 0 radical (unpaired) electrons. The molecule has 3 rings (SSSR count). The molecule has 110 valence electrons. The van der Waals surface area contributed by atoms with Gasteiger partial charge in [0.2, 0.25) is 0 Å². The van der Waals surface area contributed by atoms with Crippen LogP contribution in [0.3, 0.4) is 0 Å². The molecular formula is C14H14FN3O3. The largest absolute Gasteiger partial charge is 0.487 e. The molecule has 1 aromatic carbocycles. The Bertz CT molecular complexity index is 652. The Labute approximate surface area is 120 Å². The van der Waals surface area contributed by atoms with Crippen molar-refractivity contribution in [1.29, 1.82) is 0 Å². The zero-order valence-corrected chi connectivity index (χ0v) is 11.1. The number of aliphatic hydroxyl groups excluding tert-OH is 1. The second-order valence-corrected chi connectivity index (χ2v) is 4.89. The number of ether oxygens (including phenoxy) is 1. The van der Waals surface area contributed by atoms with Gasteiger partial charge < -0.3 is 14.7 Å². The van der Waals surface area contributed by atoms with Crippen molar-refractivity contribution in [2.75, 3.05) is 13.1 Å². The first-order valence-electron chi connectivity index (χ1n) is 6.52. The summed E-state index contributed by atoms with van der Waals surface area (Å²) >= 11 is 0. The van der Waals surface area contributed by atoms with Crippen LogP contribution < -0.4 is 4.74 Å². The molecule has 0 aliphatic carbocycles. The number of hydrogen-bond donors (Lipinski definition) is 2. The van der Waals surface area contributed by atoms with Gasteiger partial charge in [0, 0.05) is 19.2 Å². The number of carbonyl (C=O) groups is 1. The topological polar surface area (TPSA) is 78.5 Å². The summed E-state index contributed by atoms with van der Waals surface area (Å²) in [7, 11) is 0. The van der Waals surface area contributed by atoms with Crippen LogP contribution >= 0.6 is 0 Å². The predicted molar refractivity (Wildman–Crippen MR) is 71.2 cm³/mol. The third kappa shape index (κ3) is 3.03. The van der Waals surface area contributed by atoms with Crippen LogP contribution in [0, 0.1) is 5.82 Å². The van der Waals surface area contributed by atoms with Gasteiger partial charge in [-0.05, 0) is 18.2 Å². The minimum atomic E-state index is -0.441. The average molecular weight is 291 g/mol. The molecule has 0 unspecified atom stereocenters. The number of carbonyl (C=O) groups excluding carboxylic acids is 1. The molecule has 6 nitrogen and oxygen atoms in total. The van der Waals surface area contributed by atoms with Crippen molar-refractivity contribution in [3.63, 3.8) is 0 Å². The van der Waals surface area contributed by atoms with Crippen LogP contribution in [0.15, 0.2) is 30.3 Å². The van der Waals surface area contributed by atoms with Crippen molar-refractivity contribution in [3.8, 4) is 5.75 Å².